The van der Waals surface area contributed by atoms with Crippen molar-refractivity contribution in [3.63, 3.8) is 0 Å². The largest absolute Gasteiger partial charge is 0.465 e. The van der Waals surface area contributed by atoms with Crippen molar-refractivity contribution in [2.75, 3.05) is 12.4 Å². The Hall–Kier alpha value is -2.67. The molecule has 3 aromatic rings. The molecule has 7 heteroatoms. The number of anilines is 1. The zero-order chi connectivity index (χ0) is 16.1. The van der Waals surface area contributed by atoms with Crippen molar-refractivity contribution in [3.8, 4) is 0 Å². The molecule has 118 valence electrons. The molecule has 0 saturated carbocycles. The Morgan fingerprint density at radius 2 is 2.09 bits per heavy atom. The van der Waals surface area contributed by atoms with Gasteiger partial charge in [0.05, 0.1) is 19.1 Å². The lowest BCUT2D eigenvalue weighted by atomic mass is 10.1. The number of rotatable bonds is 6. The van der Waals surface area contributed by atoms with Crippen LogP contribution in [0.4, 0.5) is 6.01 Å². The Kier molecular flexibility index (Phi) is 4.68. The standard InChI is InChI=1S/C16H15N3O3S/c1-21-15(20)12-6-4-11(5-7-12)10-17-16-19-18-14(22-16)9-13-3-2-8-23-13/h2-8H,9-10H2,1H3,(H,17,19). The number of ether oxygens (including phenoxy) is 1. The number of benzene rings is 1. The second-order valence-corrected chi connectivity index (χ2v) is 5.83. The maximum absolute atomic E-state index is 11.4. The normalized spacial score (nSPS) is 10.5. The first-order chi connectivity index (χ1) is 11.2. The Morgan fingerprint density at radius 3 is 2.78 bits per heavy atom. The predicted octanol–water partition coefficient (Wildman–Crippen LogP) is 3.12. The van der Waals surface area contributed by atoms with Crippen LogP contribution in [0.25, 0.3) is 0 Å². The van der Waals surface area contributed by atoms with E-state index in [1.807, 2.05) is 29.6 Å². The van der Waals surface area contributed by atoms with Gasteiger partial charge in [0.25, 0.3) is 0 Å². The Bertz CT molecular complexity index is 766. The van der Waals surface area contributed by atoms with Crippen LogP contribution >= 0.6 is 11.3 Å². The minimum atomic E-state index is -0.348. The molecular weight excluding hydrogens is 314 g/mol. The van der Waals surface area contributed by atoms with Crippen LogP contribution in [0.1, 0.15) is 26.7 Å². The lowest BCUT2D eigenvalue weighted by Gasteiger charge is -2.03. The molecule has 0 saturated heterocycles. The lowest BCUT2D eigenvalue weighted by molar-refractivity contribution is 0.0600. The zero-order valence-corrected chi connectivity index (χ0v) is 13.3. The van der Waals surface area contributed by atoms with Gasteiger partial charge in [0.1, 0.15) is 0 Å². The molecule has 6 nitrogen and oxygen atoms in total. The molecule has 23 heavy (non-hydrogen) atoms. The monoisotopic (exact) mass is 329 g/mol. The highest BCUT2D eigenvalue weighted by Crippen LogP contribution is 2.16. The Morgan fingerprint density at radius 1 is 1.26 bits per heavy atom. The summed E-state index contributed by atoms with van der Waals surface area (Å²) in [5, 5.41) is 13.1. The molecule has 0 atom stereocenters. The van der Waals surface area contributed by atoms with Crippen molar-refractivity contribution in [2.24, 2.45) is 0 Å². The number of thiophene rings is 1. The molecule has 2 aromatic heterocycles. The van der Waals surface area contributed by atoms with E-state index in [0.29, 0.717) is 30.4 Å². The van der Waals surface area contributed by atoms with E-state index in [2.05, 4.69) is 20.3 Å². The van der Waals surface area contributed by atoms with Gasteiger partial charge in [0.2, 0.25) is 5.89 Å². The minimum absolute atomic E-state index is 0.348. The highest BCUT2D eigenvalue weighted by Gasteiger charge is 2.08. The number of hydrogen-bond donors (Lipinski definition) is 1. The third kappa shape index (κ3) is 3.95. The molecular formula is C16H15N3O3S. The highest BCUT2D eigenvalue weighted by atomic mass is 32.1. The highest BCUT2D eigenvalue weighted by molar-refractivity contribution is 7.09. The maximum atomic E-state index is 11.4. The number of carbonyl (C=O) groups is 1. The van der Waals surface area contributed by atoms with E-state index in [0.717, 1.165) is 5.56 Å². The average molecular weight is 329 g/mol. The van der Waals surface area contributed by atoms with Crippen LogP contribution in [-0.4, -0.2) is 23.3 Å². The maximum Gasteiger partial charge on any atom is 0.337 e. The van der Waals surface area contributed by atoms with E-state index >= 15 is 0 Å². The van der Waals surface area contributed by atoms with Gasteiger partial charge >= 0.3 is 12.0 Å². The van der Waals surface area contributed by atoms with Crippen LogP contribution in [0.3, 0.4) is 0 Å². The summed E-state index contributed by atoms with van der Waals surface area (Å²) in [7, 11) is 1.36. The molecule has 0 amide bonds. The molecule has 0 aliphatic heterocycles. The lowest BCUT2D eigenvalue weighted by Crippen LogP contribution is -2.03. The fourth-order valence-corrected chi connectivity index (χ4v) is 2.71. The SMILES string of the molecule is COC(=O)c1ccc(CNc2nnc(Cc3cccs3)o2)cc1. The first kappa shape index (κ1) is 15.2. The van der Waals surface area contributed by atoms with Crippen LogP contribution in [0.5, 0.6) is 0 Å². The van der Waals surface area contributed by atoms with Crippen molar-refractivity contribution < 1.29 is 13.9 Å². The minimum Gasteiger partial charge on any atom is -0.465 e. The molecule has 0 fully saturated rings. The van der Waals surface area contributed by atoms with Gasteiger partial charge in [-0.05, 0) is 29.1 Å². The number of nitrogens with zero attached hydrogens (tertiary/aromatic N) is 2. The van der Waals surface area contributed by atoms with Crippen LogP contribution < -0.4 is 5.32 Å². The third-order valence-corrected chi connectivity index (χ3v) is 4.07. The van der Waals surface area contributed by atoms with Crippen LogP contribution in [0.2, 0.25) is 0 Å². The number of aromatic nitrogens is 2. The number of esters is 1. The van der Waals surface area contributed by atoms with Crippen LogP contribution in [0.15, 0.2) is 46.2 Å². The van der Waals surface area contributed by atoms with Crippen molar-refractivity contribution in [2.45, 2.75) is 13.0 Å². The summed E-state index contributed by atoms with van der Waals surface area (Å²) < 4.78 is 10.2. The van der Waals surface area contributed by atoms with Gasteiger partial charge in [-0.25, -0.2) is 4.79 Å². The van der Waals surface area contributed by atoms with Crippen molar-refractivity contribution >= 4 is 23.3 Å². The molecule has 0 radical (unpaired) electrons. The predicted molar refractivity (Wildman–Crippen MR) is 86.5 cm³/mol. The fraction of sp³-hybridized carbons (Fsp3) is 0.188. The second kappa shape index (κ2) is 7.06. The van der Waals surface area contributed by atoms with E-state index in [9.17, 15) is 4.79 Å². The molecule has 0 aliphatic rings. The molecule has 0 spiro atoms. The van der Waals surface area contributed by atoms with Gasteiger partial charge in [0.15, 0.2) is 0 Å². The summed E-state index contributed by atoms with van der Waals surface area (Å²) in [5.41, 5.74) is 1.52. The number of methoxy groups -OCH3 is 1. The molecule has 0 bridgehead atoms. The summed E-state index contributed by atoms with van der Waals surface area (Å²) in [6, 6.07) is 11.6. The molecule has 2 heterocycles. The number of nitrogens with one attached hydrogen (secondary N) is 1. The first-order valence-electron chi connectivity index (χ1n) is 7.00. The molecule has 1 aromatic carbocycles. The van der Waals surface area contributed by atoms with E-state index in [1.165, 1.54) is 12.0 Å². The smallest absolute Gasteiger partial charge is 0.337 e. The number of carbonyl (C=O) groups excluding carboxylic acids is 1. The molecule has 1 N–H and O–H groups in total. The number of hydrogen-bond acceptors (Lipinski definition) is 7. The summed E-state index contributed by atoms with van der Waals surface area (Å²) in [6.45, 7) is 0.530. The Labute approximate surface area is 137 Å². The molecule has 0 unspecified atom stereocenters. The fourth-order valence-electron chi connectivity index (χ4n) is 2.01. The van der Waals surface area contributed by atoms with Gasteiger partial charge in [-0.15, -0.1) is 16.4 Å². The zero-order valence-electron chi connectivity index (χ0n) is 12.5. The summed E-state index contributed by atoms with van der Waals surface area (Å²) >= 11 is 1.66. The van der Waals surface area contributed by atoms with E-state index in [-0.39, 0.29) is 5.97 Å². The van der Waals surface area contributed by atoms with Gasteiger partial charge in [-0.3, -0.25) is 0 Å². The van der Waals surface area contributed by atoms with Crippen LogP contribution in [0, 0.1) is 0 Å². The summed E-state index contributed by atoms with van der Waals surface area (Å²) in [5.74, 6) is 0.232. The van der Waals surface area contributed by atoms with E-state index < -0.39 is 0 Å². The van der Waals surface area contributed by atoms with Gasteiger partial charge in [-0.2, -0.15) is 0 Å². The topological polar surface area (TPSA) is 77.2 Å². The summed E-state index contributed by atoms with van der Waals surface area (Å²) in [6.07, 6.45) is 0.639. The van der Waals surface area contributed by atoms with Crippen molar-refractivity contribution in [1.29, 1.82) is 0 Å². The third-order valence-electron chi connectivity index (χ3n) is 3.19. The summed E-state index contributed by atoms with van der Waals surface area (Å²) in [4.78, 5) is 12.5. The van der Waals surface area contributed by atoms with E-state index in [4.69, 9.17) is 4.42 Å². The van der Waals surface area contributed by atoms with Gasteiger partial charge < -0.3 is 14.5 Å². The molecule has 3 rings (SSSR count). The average Bonchev–Trinajstić information content (AvgIpc) is 3.25. The van der Waals surface area contributed by atoms with Gasteiger partial charge in [-0.1, -0.05) is 23.3 Å². The second-order valence-electron chi connectivity index (χ2n) is 4.80. The van der Waals surface area contributed by atoms with Crippen molar-refractivity contribution in [1.82, 2.24) is 10.2 Å². The van der Waals surface area contributed by atoms with Gasteiger partial charge in [0, 0.05) is 11.4 Å². The first-order valence-corrected chi connectivity index (χ1v) is 7.88. The van der Waals surface area contributed by atoms with Crippen molar-refractivity contribution in [3.05, 3.63) is 63.7 Å². The quantitative estimate of drug-likeness (QED) is 0.700. The van der Waals surface area contributed by atoms with Crippen LogP contribution in [-0.2, 0) is 17.7 Å². The van der Waals surface area contributed by atoms with E-state index in [1.54, 1.807) is 23.5 Å². The Balaban J connectivity index is 1.56. The molecule has 0 aliphatic carbocycles.